The number of nitrogens with one attached hydrogen (secondary N) is 1. The minimum atomic E-state index is -0.760. The van der Waals surface area contributed by atoms with E-state index >= 15 is 0 Å². The number of esters is 1. The fraction of sp³-hybridized carbons (Fsp3) is 0.833. The molecule has 0 fully saturated rings. The van der Waals surface area contributed by atoms with E-state index in [0.29, 0.717) is 0 Å². The van der Waals surface area contributed by atoms with Gasteiger partial charge in [0.05, 0.1) is 6.10 Å². The molecule has 2 atom stereocenters. The molecule has 0 unspecified atom stereocenters. The van der Waals surface area contributed by atoms with Crippen LogP contribution in [0.15, 0.2) is 0 Å². The van der Waals surface area contributed by atoms with Crippen LogP contribution in [0.4, 0.5) is 4.79 Å². The van der Waals surface area contributed by atoms with Crippen molar-refractivity contribution in [3.05, 3.63) is 0 Å². The van der Waals surface area contributed by atoms with E-state index in [1.165, 1.54) is 14.0 Å². The fourth-order valence-corrected chi connectivity index (χ4v) is 0.936. The largest absolute Gasteiger partial charge is 0.461 e. The minimum Gasteiger partial charge on any atom is -0.461 e. The number of hydrogen-bond acceptors (Lipinski definition) is 5. The predicted octanol–water partition coefficient (Wildman–Crippen LogP) is 1.48. The smallest absolute Gasteiger partial charge is 0.408 e. The maximum atomic E-state index is 11.5. The van der Waals surface area contributed by atoms with Gasteiger partial charge in [0.2, 0.25) is 0 Å². The Labute approximate surface area is 108 Å². The molecule has 1 amide bonds. The first-order valence-corrected chi connectivity index (χ1v) is 5.84. The summed E-state index contributed by atoms with van der Waals surface area (Å²) in [4.78, 5) is 22.9. The summed E-state index contributed by atoms with van der Waals surface area (Å²) in [6, 6.07) is -0.760. The number of methoxy groups -OCH3 is 1. The highest BCUT2D eigenvalue weighted by Gasteiger charge is 2.22. The second kappa shape index (κ2) is 7.20. The summed E-state index contributed by atoms with van der Waals surface area (Å²) in [5.41, 5.74) is -0.599. The molecule has 0 aliphatic carbocycles. The van der Waals surface area contributed by atoms with Crippen LogP contribution in [-0.2, 0) is 19.0 Å². The molecule has 0 aromatic heterocycles. The molecule has 1 N–H and O–H groups in total. The van der Waals surface area contributed by atoms with Gasteiger partial charge in [-0.2, -0.15) is 0 Å². The summed E-state index contributed by atoms with van der Waals surface area (Å²) in [5, 5.41) is 2.40. The van der Waals surface area contributed by atoms with Crippen LogP contribution in [0, 0.1) is 0 Å². The summed E-state index contributed by atoms with van der Waals surface area (Å²) < 4.78 is 14.9. The highest BCUT2D eigenvalue weighted by atomic mass is 16.6. The third-order valence-electron chi connectivity index (χ3n) is 1.95. The standard InChI is InChI=1S/C12H23NO5/c1-8(16-6)7-17-10(14)9(2)13-11(15)18-12(3,4)5/h8-9H,7H2,1-6H3,(H,13,15)/t8-,9+/m1/s1. The van der Waals surface area contributed by atoms with Gasteiger partial charge in [-0.25, -0.2) is 9.59 Å². The summed E-state index contributed by atoms with van der Waals surface area (Å²) in [7, 11) is 1.53. The molecule has 0 bridgehead atoms. The lowest BCUT2D eigenvalue weighted by Gasteiger charge is -2.21. The molecule has 0 radical (unpaired) electrons. The topological polar surface area (TPSA) is 73.9 Å². The van der Waals surface area contributed by atoms with Gasteiger partial charge in [-0.15, -0.1) is 0 Å². The lowest BCUT2D eigenvalue weighted by molar-refractivity contribution is -0.148. The normalized spacial score (nSPS) is 14.6. The zero-order chi connectivity index (χ0) is 14.3. The highest BCUT2D eigenvalue weighted by molar-refractivity contribution is 5.81. The van der Waals surface area contributed by atoms with Crippen molar-refractivity contribution < 1.29 is 23.8 Å². The van der Waals surface area contributed by atoms with Gasteiger partial charge in [0.25, 0.3) is 0 Å². The Morgan fingerprint density at radius 1 is 1.22 bits per heavy atom. The molecule has 6 heteroatoms. The van der Waals surface area contributed by atoms with E-state index in [2.05, 4.69) is 5.32 Å². The van der Waals surface area contributed by atoms with E-state index in [0.717, 1.165) is 0 Å². The van der Waals surface area contributed by atoms with E-state index in [1.54, 1.807) is 27.7 Å². The molecule has 0 saturated carbocycles. The Balaban J connectivity index is 4.04. The van der Waals surface area contributed by atoms with Gasteiger partial charge < -0.3 is 19.5 Å². The van der Waals surface area contributed by atoms with Gasteiger partial charge in [-0.1, -0.05) is 0 Å². The summed E-state index contributed by atoms with van der Waals surface area (Å²) in [5.74, 6) is -0.523. The van der Waals surface area contributed by atoms with Crippen molar-refractivity contribution in [3.8, 4) is 0 Å². The second-order valence-corrected chi connectivity index (χ2v) is 5.04. The number of ether oxygens (including phenoxy) is 3. The molecule has 18 heavy (non-hydrogen) atoms. The molecule has 0 rings (SSSR count). The highest BCUT2D eigenvalue weighted by Crippen LogP contribution is 2.06. The monoisotopic (exact) mass is 261 g/mol. The average Bonchev–Trinajstić information content (AvgIpc) is 2.22. The SMILES string of the molecule is CO[C@H](C)COC(=O)[C@H](C)NC(=O)OC(C)(C)C. The van der Waals surface area contributed by atoms with Gasteiger partial charge in [0.1, 0.15) is 18.2 Å². The van der Waals surface area contributed by atoms with Crippen molar-refractivity contribution in [3.63, 3.8) is 0 Å². The molecule has 0 spiro atoms. The predicted molar refractivity (Wildman–Crippen MR) is 66.3 cm³/mol. The van der Waals surface area contributed by atoms with Gasteiger partial charge in [-0.3, -0.25) is 0 Å². The Morgan fingerprint density at radius 2 is 1.78 bits per heavy atom. The molecule has 0 aliphatic rings. The van der Waals surface area contributed by atoms with Crippen molar-refractivity contribution in [2.45, 2.75) is 52.4 Å². The van der Waals surface area contributed by atoms with Gasteiger partial charge in [0.15, 0.2) is 0 Å². The van der Waals surface area contributed by atoms with Gasteiger partial charge >= 0.3 is 12.1 Å². The summed E-state index contributed by atoms with van der Waals surface area (Å²) in [6.45, 7) is 8.69. The van der Waals surface area contributed by atoms with Crippen molar-refractivity contribution in [2.24, 2.45) is 0 Å². The van der Waals surface area contributed by atoms with E-state index < -0.39 is 23.7 Å². The van der Waals surface area contributed by atoms with Crippen LogP contribution < -0.4 is 5.32 Å². The van der Waals surface area contributed by atoms with Crippen LogP contribution in [0.5, 0.6) is 0 Å². The Morgan fingerprint density at radius 3 is 2.22 bits per heavy atom. The van der Waals surface area contributed by atoms with Crippen molar-refractivity contribution in [1.29, 1.82) is 0 Å². The minimum absolute atomic E-state index is 0.148. The number of carbonyl (C=O) groups is 2. The molecule has 0 aromatic carbocycles. The fourth-order valence-electron chi connectivity index (χ4n) is 0.936. The van der Waals surface area contributed by atoms with E-state index in [9.17, 15) is 9.59 Å². The molecular formula is C12H23NO5. The summed E-state index contributed by atoms with van der Waals surface area (Å²) in [6.07, 6.45) is -0.825. The van der Waals surface area contributed by atoms with Crippen molar-refractivity contribution >= 4 is 12.1 Å². The molecule has 106 valence electrons. The van der Waals surface area contributed by atoms with Gasteiger partial charge in [0, 0.05) is 7.11 Å². The Hall–Kier alpha value is -1.30. The van der Waals surface area contributed by atoms with Crippen LogP contribution in [0.3, 0.4) is 0 Å². The van der Waals surface area contributed by atoms with E-state index in [-0.39, 0.29) is 12.7 Å². The van der Waals surface area contributed by atoms with E-state index in [4.69, 9.17) is 14.2 Å². The van der Waals surface area contributed by atoms with Gasteiger partial charge in [-0.05, 0) is 34.6 Å². The number of amides is 1. The maximum absolute atomic E-state index is 11.5. The third kappa shape index (κ3) is 7.89. The zero-order valence-corrected chi connectivity index (χ0v) is 11.9. The van der Waals surface area contributed by atoms with Crippen LogP contribution in [0.25, 0.3) is 0 Å². The number of alkyl carbamates (subject to hydrolysis) is 1. The quantitative estimate of drug-likeness (QED) is 0.759. The third-order valence-corrected chi connectivity index (χ3v) is 1.95. The lowest BCUT2D eigenvalue weighted by atomic mass is 10.2. The molecule has 6 nitrogen and oxygen atoms in total. The van der Waals surface area contributed by atoms with Crippen LogP contribution in [0.2, 0.25) is 0 Å². The molecule has 0 saturated heterocycles. The van der Waals surface area contributed by atoms with Crippen molar-refractivity contribution in [1.82, 2.24) is 5.32 Å². The van der Waals surface area contributed by atoms with Crippen LogP contribution in [0.1, 0.15) is 34.6 Å². The molecule has 0 aliphatic heterocycles. The first kappa shape index (κ1) is 16.7. The zero-order valence-electron chi connectivity index (χ0n) is 11.9. The lowest BCUT2D eigenvalue weighted by Crippen LogP contribution is -2.42. The Bertz CT molecular complexity index is 285. The van der Waals surface area contributed by atoms with Crippen molar-refractivity contribution in [2.75, 3.05) is 13.7 Å². The summed E-state index contributed by atoms with van der Waals surface area (Å²) >= 11 is 0. The number of hydrogen-bond donors (Lipinski definition) is 1. The average molecular weight is 261 g/mol. The van der Waals surface area contributed by atoms with E-state index in [1.807, 2.05) is 0 Å². The molecular weight excluding hydrogens is 238 g/mol. The molecule has 0 heterocycles. The first-order chi connectivity index (χ1) is 8.15. The van der Waals surface area contributed by atoms with Crippen LogP contribution in [-0.4, -0.2) is 43.5 Å². The Kier molecular flexibility index (Phi) is 6.68. The second-order valence-electron chi connectivity index (χ2n) is 5.04. The molecule has 0 aromatic rings. The number of carbonyl (C=O) groups excluding carboxylic acids is 2. The first-order valence-electron chi connectivity index (χ1n) is 5.84. The number of rotatable bonds is 5. The van der Waals surface area contributed by atoms with Crippen LogP contribution >= 0.6 is 0 Å². The maximum Gasteiger partial charge on any atom is 0.408 e.